The molecule has 7 nitrogen and oxygen atoms in total. The van der Waals surface area contributed by atoms with Gasteiger partial charge in [-0.1, -0.05) is 5.64 Å². The van der Waals surface area contributed by atoms with E-state index in [1.165, 1.54) is 0 Å². The molecular weight excluding hydrogens is 128 g/mol. The summed E-state index contributed by atoms with van der Waals surface area (Å²) in [6, 6.07) is -0.695. The van der Waals surface area contributed by atoms with Gasteiger partial charge in [0.1, 0.15) is 0 Å². The molecule has 52 valence electrons. The Balaban J connectivity index is 2.19. The van der Waals surface area contributed by atoms with Gasteiger partial charge in [0.25, 0.3) is 0 Å². The van der Waals surface area contributed by atoms with Crippen LogP contribution in [0.15, 0.2) is 0 Å². The highest BCUT2D eigenvalue weighted by Crippen LogP contribution is 1.83. The zero-order chi connectivity index (χ0) is 6.69. The average molecular weight is 134 g/mol. The molecule has 0 saturated carbocycles. The molecule has 1 rings (SSSR count). The zero-order valence-electron chi connectivity index (χ0n) is 4.38. The molecule has 1 aliphatic rings. The van der Waals surface area contributed by atoms with Crippen LogP contribution in [0.1, 0.15) is 0 Å². The van der Waals surface area contributed by atoms with Crippen LogP contribution < -0.4 is 22.2 Å². The van der Waals surface area contributed by atoms with Crippen LogP contribution in [-0.4, -0.2) is 12.4 Å². The van der Waals surface area contributed by atoms with Gasteiger partial charge in [0.2, 0.25) is 6.35 Å². The summed E-state index contributed by atoms with van der Waals surface area (Å²) in [4.78, 5) is 18.8. The van der Waals surface area contributed by atoms with Gasteiger partial charge in [-0.25, -0.2) is 9.63 Å². The van der Waals surface area contributed by atoms with Crippen molar-refractivity contribution in [1.82, 2.24) is 16.4 Å². The maximum Gasteiger partial charge on any atom is 0.315 e. The van der Waals surface area contributed by atoms with Gasteiger partial charge in [0.15, 0.2) is 0 Å². The summed E-state index contributed by atoms with van der Waals surface area (Å²) in [7, 11) is 0. The molecular formula is C2H6N4O3. The summed E-state index contributed by atoms with van der Waals surface area (Å²) >= 11 is 0. The number of carbonyl (C=O) groups excluding carboxylic acids is 1. The second-order valence-corrected chi connectivity index (χ2v) is 1.31. The molecule has 0 radical (unpaired) electrons. The van der Waals surface area contributed by atoms with Crippen molar-refractivity contribution in [2.45, 2.75) is 6.35 Å². The van der Waals surface area contributed by atoms with Gasteiger partial charge in [-0.3, -0.25) is 5.32 Å². The molecule has 0 aromatic rings. The van der Waals surface area contributed by atoms with E-state index in [0.29, 0.717) is 0 Å². The Morgan fingerprint density at radius 3 is 3.00 bits per heavy atom. The first-order chi connectivity index (χ1) is 4.29. The number of rotatable bonds is 1. The van der Waals surface area contributed by atoms with E-state index in [-0.39, 0.29) is 0 Å². The van der Waals surface area contributed by atoms with Crippen molar-refractivity contribution in [3.05, 3.63) is 0 Å². The van der Waals surface area contributed by atoms with Crippen LogP contribution in [0.4, 0.5) is 4.79 Å². The molecule has 1 unspecified atom stereocenters. The van der Waals surface area contributed by atoms with Gasteiger partial charge in [-0.15, -0.1) is 5.48 Å². The van der Waals surface area contributed by atoms with Crippen LogP contribution in [-0.2, 0) is 9.78 Å². The minimum absolute atomic E-state index is 0.695. The Hall–Kier alpha value is -0.890. The van der Waals surface area contributed by atoms with Gasteiger partial charge >= 0.3 is 6.03 Å². The van der Waals surface area contributed by atoms with E-state index < -0.39 is 12.4 Å². The summed E-state index contributed by atoms with van der Waals surface area (Å²) in [5, 5.41) is 2.16. The molecule has 9 heavy (non-hydrogen) atoms. The molecule has 0 aromatic heterocycles. The predicted octanol–water partition coefficient (Wildman–Crippen LogP) is -2.09. The summed E-state index contributed by atoms with van der Waals surface area (Å²) in [6.07, 6.45) is -0.720. The van der Waals surface area contributed by atoms with Crippen molar-refractivity contribution >= 4 is 6.03 Å². The highest BCUT2D eigenvalue weighted by molar-refractivity contribution is 5.71. The quantitative estimate of drug-likeness (QED) is 0.329. The Kier molecular flexibility index (Phi) is 1.80. The predicted molar refractivity (Wildman–Crippen MR) is 24.9 cm³/mol. The molecule has 0 spiro atoms. The molecule has 0 aromatic carbocycles. The highest BCUT2D eigenvalue weighted by Gasteiger charge is 2.15. The molecule has 1 saturated heterocycles. The standard InChI is InChI=1S/C2H6N4O3/c3-1(7)4-2-5-9-6-8-2/h2,5-6H,(H3,3,4,7). The van der Waals surface area contributed by atoms with E-state index >= 15 is 0 Å². The number of carbonyl (C=O) groups is 1. The molecule has 2 amide bonds. The Morgan fingerprint density at radius 1 is 1.78 bits per heavy atom. The van der Waals surface area contributed by atoms with Gasteiger partial charge < -0.3 is 5.73 Å². The number of nitrogens with one attached hydrogen (secondary N) is 3. The van der Waals surface area contributed by atoms with Crippen LogP contribution in [0.2, 0.25) is 0 Å². The average Bonchev–Trinajstić information content (AvgIpc) is 2.15. The number of urea groups is 1. The number of nitrogens with two attached hydrogens (primary N) is 1. The third-order valence-corrected chi connectivity index (χ3v) is 0.647. The summed E-state index contributed by atoms with van der Waals surface area (Å²) in [5.41, 5.74) is 8.96. The third kappa shape index (κ3) is 1.82. The van der Waals surface area contributed by atoms with Crippen molar-refractivity contribution in [3.8, 4) is 0 Å². The topological polar surface area (TPSA) is 97.6 Å². The van der Waals surface area contributed by atoms with E-state index in [1.54, 1.807) is 0 Å². The maximum atomic E-state index is 10.1. The van der Waals surface area contributed by atoms with Crippen molar-refractivity contribution in [2.75, 3.05) is 0 Å². The SMILES string of the molecule is NC(=O)NC1NONO1. The van der Waals surface area contributed by atoms with Crippen molar-refractivity contribution in [3.63, 3.8) is 0 Å². The normalized spacial score (nSPS) is 26.0. The number of hydroxylamine groups is 1. The molecule has 5 N–H and O–H groups in total. The van der Waals surface area contributed by atoms with Crippen LogP contribution >= 0.6 is 0 Å². The monoisotopic (exact) mass is 134 g/mol. The lowest BCUT2D eigenvalue weighted by molar-refractivity contribution is -0.0979. The van der Waals surface area contributed by atoms with Gasteiger partial charge in [0.05, 0.1) is 0 Å². The molecule has 0 bridgehead atoms. The van der Waals surface area contributed by atoms with Gasteiger partial charge in [0, 0.05) is 0 Å². The molecule has 1 fully saturated rings. The zero-order valence-corrected chi connectivity index (χ0v) is 4.38. The second-order valence-electron chi connectivity index (χ2n) is 1.31. The fourth-order valence-electron chi connectivity index (χ4n) is 0.362. The van der Waals surface area contributed by atoms with Crippen LogP contribution in [0.25, 0.3) is 0 Å². The third-order valence-electron chi connectivity index (χ3n) is 0.647. The summed E-state index contributed by atoms with van der Waals surface area (Å²) < 4.78 is 0. The largest absolute Gasteiger partial charge is 0.352 e. The Bertz CT molecular complexity index is 110. The van der Waals surface area contributed by atoms with E-state index in [1.807, 2.05) is 5.64 Å². The summed E-state index contributed by atoms with van der Waals surface area (Å²) in [5.74, 6) is 0. The Labute approximate surface area is 50.3 Å². The molecule has 0 aliphatic carbocycles. The van der Waals surface area contributed by atoms with Gasteiger partial charge in [-0.2, -0.15) is 4.94 Å². The number of amides is 2. The lowest BCUT2D eigenvalue weighted by atomic mass is 10.9. The molecule has 1 aliphatic heterocycles. The van der Waals surface area contributed by atoms with Gasteiger partial charge in [-0.05, 0) is 0 Å². The maximum absolute atomic E-state index is 10.1. The van der Waals surface area contributed by atoms with Crippen molar-refractivity contribution in [1.29, 1.82) is 0 Å². The highest BCUT2D eigenvalue weighted by atomic mass is 17.0. The van der Waals surface area contributed by atoms with Crippen LogP contribution in [0, 0.1) is 0 Å². The lowest BCUT2D eigenvalue weighted by Crippen LogP contribution is -2.44. The van der Waals surface area contributed by atoms with E-state index in [9.17, 15) is 4.79 Å². The number of primary amides is 1. The van der Waals surface area contributed by atoms with Crippen LogP contribution in [0.5, 0.6) is 0 Å². The molecule has 1 heterocycles. The second kappa shape index (κ2) is 2.60. The summed E-state index contributed by atoms with van der Waals surface area (Å²) in [6.45, 7) is 0. The van der Waals surface area contributed by atoms with E-state index in [2.05, 4.69) is 20.6 Å². The number of hydrogen-bond donors (Lipinski definition) is 4. The first-order valence-corrected chi connectivity index (χ1v) is 2.17. The minimum Gasteiger partial charge on any atom is -0.352 e. The van der Waals surface area contributed by atoms with Crippen molar-refractivity contribution in [2.24, 2.45) is 5.73 Å². The lowest BCUT2D eigenvalue weighted by Gasteiger charge is -2.03. The fourth-order valence-corrected chi connectivity index (χ4v) is 0.362. The molecule has 1 atom stereocenters. The first kappa shape index (κ1) is 6.23. The molecule has 7 heteroatoms. The Morgan fingerprint density at radius 2 is 2.56 bits per heavy atom. The minimum atomic E-state index is -0.720. The fraction of sp³-hybridized carbons (Fsp3) is 0.500. The number of hydrogen-bond acceptors (Lipinski definition) is 5. The first-order valence-electron chi connectivity index (χ1n) is 2.17. The van der Waals surface area contributed by atoms with E-state index in [4.69, 9.17) is 5.73 Å². The van der Waals surface area contributed by atoms with E-state index in [0.717, 1.165) is 0 Å². The van der Waals surface area contributed by atoms with Crippen molar-refractivity contribution < 1.29 is 14.6 Å². The smallest absolute Gasteiger partial charge is 0.315 e. The van der Waals surface area contributed by atoms with Crippen LogP contribution in [0.3, 0.4) is 0 Å².